The first-order valence-corrected chi connectivity index (χ1v) is 6.76. The maximum absolute atomic E-state index is 10.9. The lowest BCUT2D eigenvalue weighted by molar-refractivity contribution is -0.131. The van der Waals surface area contributed by atoms with E-state index in [0.29, 0.717) is 5.75 Å². The van der Waals surface area contributed by atoms with Crippen molar-refractivity contribution < 1.29 is 9.53 Å². The second-order valence-electron chi connectivity index (χ2n) is 5.25. The lowest BCUT2D eigenvalue weighted by Crippen LogP contribution is -2.01. The molecule has 0 amide bonds. The van der Waals surface area contributed by atoms with Crippen molar-refractivity contribution in [3.63, 3.8) is 0 Å². The number of aryl methyl sites for hydroxylation is 2. The van der Waals surface area contributed by atoms with Crippen LogP contribution >= 0.6 is 0 Å². The molecule has 0 aliphatic rings. The van der Waals surface area contributed by atoms with Crippen LogP contribution in [0.2, 0.25) is 0 Å². The molecule has 0 heterocycles. The van der Waals surface area contributed by atoms with Crippen molar-refractivity contribution in [2.75, 3.05) is 0 Å². The molecule has 0 N–H and O–H groups in total. The van der Waals surface area contributed by atoms with Crippen molar-refractivity contribution in [3.8, 4) is 16.9 Å². The second kappa shape index (κ2) is 5.49. The molecule has 0 aliphatic heterocycles. The molecule has 0 bridgehead atoms. The number of benzene rings is 2. The molecule has 0 aromatic heterocycles. The lowest BCUT2D eigenvalue weighted by Gasteiger charge is -2.15. The van der Waals surface area contributed by atoms with E-state index in [1.165, 1.54) is 34.7 Å². The molecule has 0 aliphatic carbocycles. The molecular weight excluding hydrogens is 248 g/mol. The zero-order valence-electron chi connectivity index (χ0n) is 12.7. The van der Waals surface area contributed by atoms with E-state index in [2.05, 4.69) is 33.8 Å². The smallest absolute Gasteiger partial charge is 0.308 e. The molecule has 20 heavy (non-hydrogen) atoms. The van der Waals surface area contributed by atoms with Gasteiger partial charge in [-0.05, 0) is 73.2 Å². The van der Waals surface area contributed by atoms with Crippen LogP contribution in [0.1, 0.15) is 29.2 Å². The quantitative estimate of drug-likeness (QED) is 0.591. The van der Waals surface area contributed by atoms with Crippen LogP contribution in [0.15, 0.2) is 30.3 Å². The van der Waals surface area contributed by atoms with Gasteiger partial charge in [0.1, 0.15) is 5.75 Å². The fourth-order valence-corrected chi connectivity index (χ4v) is 2.58. The van der Waals surface area contributed by atoms with Gasteiger partial charge < -0.3 is 4.74 Å². The van der Waals surface area contributed by atoms with E-state index in [1.807, 2.05) is 24.3 Å². The van der Waals surface area contributed by atoms with Crippen LogP contribution in [-0.4, -0.2) is 5.97 Å². The zero-order valence-corrected chi connectivity index (χ0v) is 12.7. The number of rotatable bonds is 2. The fourth-order valence-electron chi connectivity index (χ4n) is 2.58. The SMILES string of the molecule is CC(=O)Oc1ccc(-c2c(C)cc(C)c(C)c2C)cc1. The van der Waals surface area contributed by atoms with Gasteiger partial charge in [-0.25, -0.2) is 0 Å². The summed E-state index contributed by atoms with van der Waals surface area (Å²) in [6.45, 7) is 9.99. The summed E-state index contributed by atoms with van der Waals surface area (Å²) in [5.74, 6) is 0.289. The Kier molecular flexibility index (Phi) is 3.93. The minimum atomic E-state index is -0.295. The Hall–Kier alpha value is -2.09. The van der Waals surface area contributed by atoms with E-state index < -0.39 is 0 Å². The summed E-state index contributed by atoms with van der Waals surface area (Å²) < 4.78 is 5.07. The summed E-state index contributed by atoms with van der Waals surface area (Å²) in [5, 5.41) is 0. The van der Waals surface area contributed by atoms with Crippen molar-refractivity contribution in [1.82, 2.24) is 0 Å². The number of hydrogen-bond donors (Lipinski definition) is 0. The molecule has 2 rings (SSSR count). The molecule has 2 nitrogen and oxygen atoms in total. The highest BCUT2D eigenvalue weighted by Crippen LogP contribution is 2.32. The lowest BCUT2D eigenvalue weighted by atomic mass is 9.90. The average molecular weight is 268 g/mol. The molecular formula is C18H20O2. The Morgan fingerprint density at radius 1 is 0.900 bits per heavy atom. The minimum Gasteiger partial charge on any atom is -0.427 e. The van der Waals surface area contributed by atoms with Gasteiger partial charge in [0.05, 0.1) is 0 Å². The Balaban J connectivity index is 2.47. The van der Waals surface area contributed by atoms with Gasteiger partial charge in [-0.15, -0.1) is 0 Å². The topological polar surface area (TPSA) is 26.3 Å². The monoisotopic (exact) mass is 268 g/mol. The van der Waals surface area contributed by atoms with Gasteiger partial charge in [-0.2, -0.15) is 0 Å². The number of esters is 1. The highest BCUT2D eigenvalue weighted by Gasteiger charge is 2.10. The van der Waals surface area contributed by atoms with Crippen LogP contribution in [0.4, 0.5) is 0 Å². The summed E-state index contributed by atoms with van der Waals surface area (Å²) in [4.78, 5) is 10.9. The van der Waals surface area contributed by atoms with E-state index in [-0.39, 0.29) is 5.97 Å². The largest absolute Gasteiger partial charge is 0.427 e. The van der Waals surface area contributed by atoms with Gasteiger partial charge in [0.2, 0.25) is 0 Å². The third kappa shape index (κ3) is 2.74. The molecule has 2 aromatic rings. The van der Waals surface area contributed by atoms with E-state index in [9.17, 15) is 4.79 Å². The summed E-state index contributed by atoms with van der Waals surface area (Å²) in [6.07, 6.45) is 0. The minimum absolute atomic E-state index is 0.295. The first kappa shape index (κ1) is 14.3. The van der Waals surface area contributed by atoms with Gasteiger partial charge in [0, 0.05) is 6.92 Å². The molecule has 0 atom stereocenters. The summed E-state index contributed by atoms with van der Waals surface area (Å²) in [5.41, 5.74) is 7.64. The van der Waals surface area contributed by atoms with Crippen LogP contribution in [-0.2, 0) is 4.79 Å². The number of carbonyl (C=O) groups is 1. The van der Waals surface area contributed by atoms with E-state index in [4.69, 9.17) is 4.74 Å². The summed E-state index contributed by atoms with van der Waals surface area (Å²) >= 11 is 0. The molecule has 0 radical (unpaired) electrons. The van der Waals surface area contributed by atoms with Crippen molar-refractivity contribution in [1.29, 1.82) is 0 Å². The van der Waals surface area contributed by atoms with Gasteiger partial charge in [0.15, 0.2) is 0 Å². The van der Waals surface area contributed by atoms with E-state index in [1.54, 1.807) is 0 Å². The van der Waals surface area contributed by atoms with Crippen LogP contribution < -0.4 is 4.74 Å². The molecule has 0 unspecified atom stereocenters. The Labute approximate surface area is 120 Å². The van der Waals surface area contributed by atoms with E-state index >= 15 is 0 Å². The van der Waals surface area contributed by atoms with Crippen LogP contribution in [0.25, 0.3) is 11.1 Å². The number of hydrogen-bond acceptors (Lipinski definition) is 2. The van der Waals surface area contributed by atoms with Gasteiger partial charge in [0.25, 0.3) is 0 Å². The highest BCUT2D eigenvalue weighted by molar-refractivity contribution is 5.74. The third-order valence-corrected chi connectivity index (χ3v) is 3.76. The Morgan fingerprint density at radius 3 is 2.05 bits per heavy atom. The molecule has 2 heteroatoms. The number of ether oxygens (including phenoxy) is 1. The first-order valence-electron chi connectivity index (χ1n) is 6.76. The van der Waals surface area contributed by atoms with Gasteiger partial charge in [-0.3, -0.25) is 4.79 Å². The normalized spacial score (nSPS) is 10.4. The average Bonchev–Trinajstić information content (AvgIpc) is 2.37. The van der Waals surface area contributed by atoms with Crippen LogP contribution in [0.5, 0.6) is 5.75 Å². The van der Waals surface area contributed by atoms with Gasteiger partial charge in [-0.1, -0.05) is 18.2 Å². The summed E-state index contributed by atoms with van der Waals surface area (Å²) in [7, 11) is 0. The zero-order chi connectivity index (χ0) is 14.9. The maximum Gasteiger partial charge on any atom is 0.308 e. The molecule has 0 saturated carbocycles. The van der Waals surface area contributed by atoms with Crippen LogP contribution in [0, 0.1) is 27.7 Å². The van der Waals surface area contributed by atoms with E-state index in [0.717, 1.165) is 5.56 Å². The van der Waals surface area contributed by atoms with Crippen LogP contribution in [0.3, 0.4) is 0 Å². The molecule has 0 saturated heterocycles. The number of carbonyl (C=O) groups excluding carboxylic acids is 1. The Morgan fingerprint density at radius 2 is 1.50 bits per heavy atom. The predicted octanol–water partition coefficient (Wildman–Crippen LogP) is 4.51. The van der Waals surface area contributed by atoms with Crippen molar-refractivity contribution >= 4 is 5.97 Å². The highest BCUT2D eigenvalue weighted by atomic mass is 16.5. The fraction of sp³-hybridized carbons (Fsp3) is 0.278. The molecule has 104 valence electrons. The summed E-state index contributed by atoms with van der Waals surface area (Å²) in [6, 6.07) is 9.90. The van der Waals surface area contributed by atoms with Crippen molar-refractivity contribution in [2.24, 2.45) is 0 Å². The first-order chi connectivity index (χ1) is 9.40. The second-order valence-corrected chi connectivity index (χ2v) is 5.25. The predicted molar refractivity (Wildman–Crippen MR) is 82.1 cm³/mol. The standard InChI is InChI=1S/C18H20O2/c1-11-10-12(2)18(14(4)13(11)3)16-6-8-17(9-7-16)20-15(5)19/h6-10H,1-5H3. The van der Waals surface area contributed by atoms with Crippen molar-refractivity contribution in [2.45, 2.75) is 34.6 Å². The molecule has 0 fully saturated rings. The third-order valence-electron chi connectivity index (χ3n) is 3.76. The Bertz CT molecular complexity index is 652. The van der Waals surface area contributed by atoms with Gasteiger partial charge >= 0.3 is 5.97 Å². The molecule has 2 aromatic carbocycles. The molecule has 0 spiro atoms. The maximum atomic E-state index is 10.9. The van der Waals surface area contributed by atoms with Crippen molar-refractivity contribution in [3.05, 3.63) is 52.6 Å².